The van der Waals surface area contributed by atoms with E-state index in [0.29, 0.717) is 6.54 Å². The molecule has 0 saturated carbocycles. The minimum Gasteiger partial charge on any atom is -0.392 e. The predicted molar refractivity (Wildman–Crippen MR) is 62.1 cm³/mol. The number of anilines is 1. The standard InChI is InChI=1S/C12H16N2O2/c1-8(13)12(16)14-5-4-10-6-9(7-15)2-3-11(10)14/h2-3,6,8,15H,4-5,7,13H2,1H3/t8-/m0/s1. The number of hydrogen-bond acceptors (Lipinski definition) is 3. The van der Waals surface area contributed by atoms with Gasteiger partial charge in [-0.3, -0.25) is 4.79 Å². The number of rotatable bonds is 2. The highest BCUT2D eigenvalue weighted by Crippen LogP contribution is 2.29. The largest absolute Gasteiger partial charge is 0.392 e. The van der Waals surface area contributed by atoms with Crippen LogP contribution in [0, 0.1) is 0 Å². The lowest BCUT2D eigenvalue weighted by Crippen LogP contribution is -2.41. The minimum absolute atomic E-state index is 0.0362. The van der Waals surface area contributed by atoms with Gasteiger partial charge in [-0.05, 0) is 30.5 Å². The molecule has 1 amide bonds. The summed E-state index contributed by atoms with van der Waals surface area (Å²) in [4.78, 5) is 13.5. The van der Waals surface area contributed by atoms with Crippen molar-refractivity contribution >= 4 is 11.6 Å². The molecular formula is C12H16N2O2. The molecule has 0 aromatic heterocycles. The lowest BCUT2D eigenvalue weighted by molar-refractivity contribution is -0.119. The molecule has 0 radical (unpaired) electrons. The second-order valence-corrected chi connectivity index (χ2v) is 4.15. The molecule has 0 saturated heterocycles. The fraction of sp³-hybridized carbons (Fsp3) is 0.417. The Balaban J connectivity index is 2.30. The molecule has 1 aromatic rings. The molecule has 0 unspecified atom stereocenters. The quantitative estimate of drug-likeness (QED) is 0.759. The van der Waals surface area contributed by atoms with Crippen LogP contribution in [0.4, 0.5) is 5.69 Å². The van der Waals surface area contributed by atoms with Crippen molar-refractivity contribution in [3.8, 4) is 0 Å². The molecule has 4 heteroatoms. The Kier molecular flexibility index (Phi) is 2.94. The van der Waals surface area contributed by atoms with Crippen LogP contribution in [0.2, 0.25) is 0 Å². The smallest absolute Gasteiger partial charge is 0.243 e. The van der Waals surface area contributed by atoms with E-state index in [4.69, 9.17) is 10.8 Å². The molecule has 1 aliphatic rings. The molecule has 0 spiro atoms. The SMILES string of the molecule is C[C@H](N)C(=O)N1CCc2cc(CO)ccc21. The summed E-state index contributed by atoms with van der Waals surface area (Å²) in [6.07, 6.45) is 0.835. The van der Waals surface area contributed by atoms with Gasteiger partial charge in [-0.1, -0.05) is 12.1 Å². The molecule has 3 N–H and O–H groups in total. The number of carbonyl (C=O) groups excluding carboxylic acids is 1. The number of fused-ring (bicyclic) bond motifs is 1. The van der Waals surface area contributed by atoms with Gasteiger partial charge in [0, 0.05) is 12.2 Å². The van der Waals surface area contributed by atoms with Crippen LogP contribution < -0.4 is 10.6 Å². The molecule has 0 bridgehead atoms. The Morgan fingerprint density at radius 1 is 1.62 bits per heavy atom. The van der Waals surface area contributed by atoms with Gasteiger partial charge in [0.05, 0.1) is 12.6 Å². The molecule has 16 heavy (non-hydrogen) atoms. The van der Waals surface area contributed by atoms with Crippen LogP contribution >= 0.6 is 0 Å². The third kappa shape index (κ3) is 1.81. The average molecular weight is 220 g/mol. The molecule has 1 atom stereocenters. The van der Waals surface area contributed by atoms with Crippen LogP contribution in [0.15, 0.2) is 18.2 Å². The number of hydrogen-bond donors (Lipinski definition) is 2. The molecule has 0 aliphatic carbocycles. The van der Waals surface area contributed by atoms with E-state index in [9.17, 15) is 4.79 Å². The van der Waals surface area contributed by atoms with Gasteiger partial charge in [0.25, 0.3) is 0 Å². The van der Waals surface area contributed by atoms with Crippen LogP contribution in [0.3, 0.4) is 0 Å². The van der Waals surface area contributed by atoms with E-state index >= 15 is 0 Å². The maximum Gasteiger partial charge on any atom is 0.243 e. The Hall–Kier alpha value is -1.39. The number of aliphatic hydroxyl groups is 1. The van der Waals surface area contributed by atoms with Crippen molar-refractivity contribution in [1.82, 2.24) is 0 Å². The molecule has 0 fully saturated rings. The summed E-state index contributed by atoms with van der Waals surface area (Å²) in [6.45, 7) is 2.42. The Morgan fingerprint density at radius 2 is 2.38 bits per heavy atom. The molecule has 1 heterocycles. The van der Waals surface area contributed by atoms with Crippen LogP contribution in [0.25, 0.3) is 0 Å². The van der Waals surface area contributed by atoms with E-state index in [2.05, 4.69) is 0 Å². The van der Waals surface area contributed by atoms with Gasteiger partial charge < -0.3 is 15.7 Å². The summed E-state index contributed by atoms with van der Waals surface area (Å²) >= 11 is 0. The van der Waals surface area contributed by atoms with Crippen LogP contribution in [-0.2, 0) is 17.8 Å². The van der Waals surface area contributed by atoms with Crippen molar-refractivity contribution in [2.24, 2.45) is 5.73 Å². The maximum absolute atomic E-state index is 11.8. The molecule has 2 rings (SSSR count). The van der Waals surface area contributed by atoms with Crippen molar-refractivity contribution in [2.45, 2.75) is 26.0 Å². The van der Waals surface area contributed by atoms with Crippen LogP contribution in [0.5, 0.6) is 0 Å². The third-order valence-electron chi connectivity index (χ3n) is 2.88. The topological polar surface area (TPSA) is 66.6 Å². The second-order valence-electron chi connectivity index (χ2n) is 4.15. The Labute approximate surface area is 94.7 Å². The normalized spacial score (nSPS) is 16.1. The highest BCUT2D eigenvalue weighted by atomic mass is 16.3. The zero-order valence-electron chi connectivity index (χ0n) is 9.31. The Morgan fingerprint density at radius 3 is 3.00 bits per heavy atom. The van der Waals surface area contributed by atoms with Crippen molar-refractivity contribution in [1.29, 1.82) is 0 Å². The van der Waals surface area contributed by atoms with Crippen LogP contribution in [0.1, 0.15) is 18.1 Å². The first-order chi connectivity index (χ1) is 7.63. The van der Waals surface area contributed by atoms with Gasteiger partial charge in [0.15, 0.2) is 0 Å². The second kappa shape index (κ2) is 4.23. The zero-order chi connectivity index (χ0) is 11.7. The molecular weight excluding hydrogens is 204 g/mol. The molecule has 1 aliphatic heterocycles. The van der Waals surface area contributed by atoms with Gasteiger partial charge in [0.1, 0.15) is 0 Å². The van der Waals surface area contributed by atoms with E-state index in [0.717, 1.165) is 23.2 Å². The first-order valence-electron chi connectivity index (χ1n) is 5.43. The summed E-state index contributed by atoms with van der Waals surface area (Å²) in [5.41, 5.74) is 8.52. The van der Waals surface area contributed by atoms with Gasteiger partial charge in [0.2, 0.25) is 5.91 Å². The fourth-order valence-corrected chi connectivity index (χ4v) is 2.03. The first-order valence-corrected chi connectivity index (χ1v) is 5.43. The van der Waals surface area contributed by atoms with Crippen molar-refractivity contribution in [3.05, 3.63) is 29.3 Å². The summed E-state index contributed by atoms with van der Waals surface area (Å²) in [6, 6.07) is 5.20. The minimum atomic E-state index is -0.469. The molecule has 86 valence electrons. The van der Waals surface area contributed by atoms with Crippen molar-refractivity contribution < 1.29 is 9.90 Å². The number of amides is 1. The Bertz CT molecular complexity index is 415. The highest BCUT2D eigenvalue weighted by Gasteiger charge is 2.26. The summed E-state index contributed by atoms with van der Waals surface area (Å²) < 4.78 is 0. The molecule has 1 aromatic carbocycles. The van der Waals surface area contributed by atoms with Gasteiger partial charge in [-0.15, -0.1) is 0 Å². The van der Waals surface area contributed by atoms with E-state index in [1.54, 1.807) is 11.8 Å². The number of aliphatic hydroxyl groups excluding tert-OH is 1. The third-order valence-corrected chi connectivity index (χ3v) is 2.88. The number of benzene rings is 1. The maximum atomic E-state index is 11.8. The van der Waals surface area contributed by atoms with E-state index in [1.807, 2.05) is 18.2 Å². The van der Waals surface area contributed by atoms with Crippen molar-refractivity contribution in [3.63, 3.8) is 0 Å². The average Bonchev–Trinajstić information content (AvgIpc) is 2.70. The van der Waals surface area contributed by atoms with E-state index in [1.165, 1.54) is 0 Å². The first kappa shape index (κ1) is 11.1. The van der Waals surface area contributed by atoms with E-state index < -0.39 is 6.04 Å². The predicted octanol–water partition coefficient (Wildman–Crippen LogP) is 0.415. The monoisotopic (exact) mass is 220 g/mol. The summed E-state index contributed by atoms with van der Waals surface area (Å²) in [5.74, 6) is -0.0458. The number of nitrogens with two attached hydrogens (primary N) is 1. The summed E-state index contributed by atoms with van der Waals surface area (Å²) in [5, 5.41) is 9.03. The van der Waals surface area contributed by atoms with Gasteiger partial charge in [-0.2, -0.15) is 0 Å². The van der Waals surface area contributed by atoms with Crippen LogP contribution in [-0.4, -0.2) is 23.6 Å². The van der Waals surface area contributed by atoms with Crippen molar-refractivity contribution in [2.75, 3.05) is 11.4 Å². The molecule has 4 nitrogen and oxygen atoms in total. The highest BCUT2D eigenvalue weighted by molar-refractivity contribution is 5.98. The lowest BCUT2D eigenvalue weighted by Gasteiger charge is -2.19. The van der Waals surface area contributed by atoms with Gasteiger partial charge in [-0.25, -0.2) is 0 Å². The number of nitrogens with zero attached hydrogens (tertiary/aromatic N) is 1. The lowest BCUT2D eigenvalue weighted by atomic mass is 10.1. The number of carbonyl (C=O) groups is 1. The zero-order valence-corrected chi connectivity index (χ0v) is 9.31. The fourth-order valence-electron chi connectivity index (χ4n) is 2.03. The van der Waals surface area contributed by atoms with E-state index in [-0.39, 0.29) is 12.5 Å². The summed E-state index contributed by atoms with van der Waals surface area (Å²) in [7, 11) is 0. The van der Waals surface area contributed by atoms with Gasteiger partial charge >= 0.3 is 0 Å².